The van der Waals surface area contributed by atoms with Gasteiger partial charge in [-0.1, -0.05) is 20.8 Å². The van der Waals surface area contributed by atoms with Crippen molar-refractivity contribution in [1.29, 1.82) is 0 Å². The molecule has 0 unspecified atom stereocenters. The molecule has 0 saturated carbocycles. The molecule has 6 aromatic rings. The van der Waals surface area contributed by atoms with Gasteiger partial charge in [-0.25, -0.2) is 9.97 Å². The van der Waals surface area contributed by atoms with Crippen LogP contribution in [0.5, 0.6) is 0 Å². The highest BCUT2D eigenvalue weighted by atomic mass is 32.1. The summed E-state index contributed by atoms with van der Waals surface area (Å²) in [6.07, 6.45) is 1.62. The van der Waals surface area contributed by atoms with Crippen LogP contribution in [0.1, 0.15) is 31.2 Å². The van der Waals surface area contributed by atoms with Crippen LogP contribution in [0.4, 0.5) is 0 Å². The number of benzene rings is 2. The van der Waals surface area contributed by atoms with E-state index >= 15 is 0 Å². The number of thiophene rings is 2. The fourth-order valence-corrected chi connectivity index (χ4v) is 6.47. The van der Waals surface area contributed by atoms with Gasteiger partial charge in [0, 0.05) is 25.2 Å². The molecule has 2 aromatic carbocycles. The lowest BCUT2D eigenvalue weighted by Crippen LogP contribution is -2.11. The van der Waals surface area contributed by atoms with Gasteiger partial charge in [-0.15, -0.1) is 22.7 Å². The van der Waals surface area contributed by atoms with Crippen LogP contribution in [-0.4, -0.2) is 9.97 Å². The molecule has 0 aliphatic heterocycles. The predicted octanol–water partition coefficient (Wildman–Crippen LogP) is 8.08. The molecule has 0 spiro atoms. The van der Waals surface area contributed by atoms with Crippen LogP contribution < -0.4 is 0 Å². The summed E-state index contributed by atoms with van der Waals surface area (Å²) in [5.74, 6) is 0. The minimum Gasteiger partial charge on any atom is -0.438 e. The third-order valence-corrected chi connectivity index (χ3v) is 7.72. The summed E-state index contributed by atoms with van der Waals surface area (Å²) < 4.78 is 8.75. The molecule has 4 aromatic heterocycles. The average Bonchev–Trinajstić information content (AvgIpc) is 3.40. The van der Waals surface area contributed by atoms with E-state index < -0.39 is 0 Å². The van der Waals surface area contributed by atoms with Crippen LogP contribution >= 0.6 is 22.7 Å². The number of aryl methyl sites for hydroxylation is 1. The number of rotatable bonds is 1. The number of hydrogen-bond acceptors (Lipinski definition) is 5. The van der Waals surface area contributed by atoms with Gasteiger partial charge in [-0.3, -0.25) is 0 Å². The van der Waals surface area contributed by atoms with E-state index in [0.717, 1.165) is 27.6 Å². The van der Waals surface area contributed by atoms with E-state index in [1.807, 2.05) is 11.3 Å². The van der Waals surface area contributed by atoms with Gasteiger partial charge in [0.15, 0.2) is 0 Å². The van der Waals surface area contributed by atoms with Crippen LogP contribution in [0.25, 0.3) is 53.5 Å². The second kappa shape index (κ2) is 6.13. The first-order valence-corrected chi connectivity index (χ1v) is 11.7. The highest BCUT2D eigenvalue weighted by molar-refractivity contribution is 7.20. The fraction of sp³-hybridized carbons (Fsp3) is 0.200. The first-order valence-electron chi connectivity index (χ1n) is 9.98. The SMILES string of the molecule is Cc1cc2ccc3oc4ncnc(-c5cc(C(C)(C)C)c6sccc6c5)c4c3c2s1. The maximum atomic E-state index is 6.16. The summed E-state index contributed by atoms with van der Waals surface area (Å²) >= 11 is 3.61. The first kappa shape index (κ1) is 18.0. The number of hydrogen-bond donors (Lipinski definition) is 0. The third kappa shape index (κ3) is 2.55. The molecule has 5 heteroatoms. The summed E-state index contributed by atoms with van der Waals surface area (Å²) in [5.41, 5.74) is 4.97. The maximum absolute atomic E-state index is 6.16. The lowest BCUT2D eigenvalue weighted by molar-refractivity contribution is 0.597. The molecule has 4 heterocycles. The molecule has 0 bridgehead atoms. The second-order valence-electron chi connectivity index (χ2n) is 8.83. The van der Waals surface area contributed by atoms with Crippen molar-refractivity contribution in [2.24, 2.45) is 0 Å². The van der Waals surface area contributed by atoms with Gasteiger partial charge in [0.05, 0.1) is 11.1 Å². The number of aromatic nitrogens is 2. The van der Waals surface area contributed by atoms with Crippen molar-refractivity contribution in [3.05, 3.63) is 58.5 Å². The third-order valence-electron chi connectivity index (χ3n) is 5.67. The fourth-order valence-electron chi connectivity index (χ4n) is 4.31. The molecule has 0 atom stereocenters. The van der Waals surface area contributed by atoms with Crippen molar-refractivity contribution < 1.29 is 4.42 Å². The highest BCUT2D eigenvalue weighted by Gasteiger charge is 2.22. The van der Waals surface area contributed by atoms with Crippen molar-refractivity contribution >= 4 is 64.9 Å². The molecular weight excluding hydrogens is 408 g/mol. The number of furan rings is 1. The summed E-state index contributed by atoms with van der Waals surface area (Å²) in [6.45, 7) is 8.96. The Morgan fingerprint density at radius 3 is 2.57 bits per heavy atom. The Balaban J connectivity index is 1.76. The number of fused-ring (bicyclic) bond motifs is 6. The largest absolute Gasteiger partial charge is 0.438 e. The first-order chi connectivity index (χ1) is 14.4. The van der Waals surface area contributed by atoms with Gasteiger partial charge < -0.3 is 4.42 Å². The van der Waals surface area contributed by atoms with Crippen LogP contribution in [0, 0.1) is 6.92 Å². The zero-order valence-electron chi connectivity index (χ0n) is 17.2. The van der Waals surface area contributed by atoms with Crippen LogP contribution in [0.3, 0.4) is 0 Å². The summed E-state index contributed by atoms with van der Waals surface area (Å²) in [6, 6.07) is 13.2. The molecule has 0 aliphatic carbocycles. The maximum Gasteiger partial charge on any atom is 0.231 e. The molecule has 0 fully saturated rings. The smallest absolute Gasteiger partial charge is 0.231 e. The van der Waals surface area contributed by atoms with Gasteiger partial charge in [0.2, 0.25) is 5.71 Å². The van der Waals surface area contributed by atoms with Gasteiger partial charge in [0.1, 0.15) is 11.9 Å². The average molecular weight is 429 g/mol. The predicted molar refractivity (Wildman–Crippen MR) is 129 cm³/mol. The van der Waals surface area contributed by atoms with Crippen molar-refractivity contribution in [1.82, 2.24) is 9.97 Å². The molecule has 0 amide bonds. The topological polar surface area (TPSA) is 38.9 Å². The Bertz CT molecular complexity index is 1590. The van der Waals surface area contributed by atoms with E-state index in [1.54, 1.807) is 17.7 Å². The van der Waals surface area contributed by atoms with Crippen LogP contribution in [0.2, 0.25) is 0 Å². The molecule has 0 radical (unpaired) electrons. The summed E-state index contributed by atoms with van der Waals surface area (Å²) in [7, 11) is 0. The Morgan fingerprint density at radius 1 is 0.900 bits per heavy atom. The molecule has 30 heavy (non-hydrogen) atoms. The van der Waals surface area contributed by atoms with Gasteiger partial charge >= 0.3 is 0 Å². The van der Waals surface area contributed by atoms with Gasteiger partial charge in [-0.2, -0.15) is 0 Å². The molecule has 6 rings (SSSR count). The van der Waals surface area contributed by atoms with Crippen molar-refractivity contribution in [2.45, 2.75) is 33.1 Å². The molecular formula is C25H20N2OS2. The standard InChI is InChI=1S/C25H20N2OS2/c1-13-9-14-5-6-18-19(23(14)30-13)20-21(26-12-27-24(20)28-18)16-10-15-7-8-29-22(15)17(11-16)25(2,3)4/h5-12H,1-4H3. The van der Waals surface area contributed by atoms with E-state index in [4.69, 9.17) is 9.40 Å². The zero-order valence-corrected chi connectivity index (χ0v) is 18.9. The summed E-state index contributed by atoms with van der Waals surface area (Å²) in [4.78, 5) is 10.5. The highest BCUT2D eigenvalue weighted by Crippen LogP contribution is 2.43. The Morgan fingerprint density at radius 2 is 1.73 bits per heavy atom. The molecule has 0 aliphatic rings. The monoisotopic (exact) mass is 428 g/mol. The van der Waals surface area contributed by atoms with Crippen molar-refractivity contribution in [2.75, 3.05) is 0 Å². The lowest BCUT2D eigenvalue weighted by atomic mass is 9.85. The minimum absolute atomic E-state index is 0.0435. The zero-order chi connectivity index (χ0) is 20.6. The normalized spacial score (nSPS) is 12.7. The van der Waals surface area contributed by atoms with E-state index in [0.29, 0.717) is 5.71 Å². The van der Waals surface area contributed by atoms with E-state index in [2.05, 4.69) is 74.5 Å². The number of nitrogens with zero attached hydrogens (tertiary/aromatic N) is 2. The van der Waals surface area contributed by atoms with Crippen molar-refractivity contribution in [3.63, 3.8) is 0 Å². The van der Waals surface area contributed by atoms with Crippen LogP contribution in [-0.2, 0) is 5.41 Å². The molecule has 3 nitrogen and oxygen atoms in total. The molecule has 148 valence electrons. The molecule has 0 N–H and O–H groups in total. The van der Waals surface area contributed by atoms with E-state index in [9.17, 15) is 0 Å². The lowest BCUT2D eigenvalue weighted by Gasteiger charge is -2.21. The second-order valence-corrected chi connectivity index (χ2v) is 11.0. The van der Waals surface area contributed by atoms with E-state index in [1.165, 1.54) is 30.6 Å². The summed E-state index contributed by atoms with van der Waals surface area (Å²) in [5, 5.41) is 6.81. The molecule has 0 saturated heterocycles. The minimum atomic E-state index is 0.0435. The van der Waals surface area contributed by atoms with Gasteiger partial charge in [0.25, 0.3) is 0 Å². The van der Waals surface area contributed by atoms with Crippen molar-refractivity contribution in [3.8, 4) is 11.3 Å². The quantitative estimate of drug-likeness (QED) is 0.266. The van der Waals surface area contributed by atoms with Gasteiger partial charge in [-0.05, 0) is 70.5 Å². The Hall–Kier alpha value is -2.76. The Labute approximate surface area is 182 Å². The van der Waals surface area contributed by atoms with Crippen LogP contribution in [0.15, 0.2) is 52.5 Å². The van der Waals surface area contributed by atoms with E-state index in [-0.39, 0.29) is 5.41 Å². The Kier molecular flexibility index (Phi) is 3.68.